The molecule has 0 saturated heterocycles. The van der Waals surface area contributed by atoms with Crippen molar-refractivity contribution in [3.8, 4) is 0 Å². The van der Waals surface area contributed by atoms with Gasteiger partial charge in [-0.3, -0.25) is 5.10 Å². The van der Waals surface area contributed by atoms with Gasteiger partial charge in [0.1, 0.15) is 4.90 Å². The Morgan fingerprint density at radius 3 is 2.67 bits per heavy atom. The van der Waals surface area contributed by atoms with Gasteiger partial charge < -0.3 is 5.73 Å². The summed E-state index contributed by atoms with van der Waals surface area (Å²) in [5.74, 6) is 0. The second-order valence-electron chi connectivity index (χ2n) is 5.02. The number of nitrogens with one attached hydrogen (secondary N) is 2. The van der Waals surface area contributed by atoms with Crippen molar-refractivity contribution in [2.75, 3.05) is 13.1 Å². The third-order valence-electron chi connectivity index (χ3n) is 3.77. The number of aromatic nitrogens is 2. The molecule has 102 valence electrons. The van der Waals surface area contributed by atoms with E-state index in [0.717, 1.165) is 25.7 Å². The summed E-state index contributed by atoms with van der Waals surface area (Å²) in [7, 11) is -3.46. The van der Waals surface area contributed by atoms with Crippen molar-refractivity contribution in [2.24, 2.45) is 11.1 Å². The van der Waals surface area contributed by atoms with Gasteiger partial charge in [0.15, 0.2) is 0 Å². The Hall–Kier alpha value is -0.920. The van der Waals surface area contributed by atoms with Gasteiger partial charge in [-0.25, -0.2) is 13.1 Å². The van der Waals surface area contributed by atoms with E-state index in [9.17, 15) is 8.42 Å². The first-order valence-electron chi connectivity index (χ1n) is 6.27. The Bertz CT molecular complexity index is 463. The summed E-state index contributed by atoms with van der Waals surface area (Å²) in [5, 5.41) is 6.16. The molecular weight excluding hydrogens is 252 g/mol. The summed E-state index contributed by atoms with van der Waals surface area (Å²) in [6, 6.07) is 0. The molecule has 1 aromatic heterocycles. The summed E-state index contributed by atoms with van der Waals surface area (Å²) in [5.41, 5.74) is 5.76. The largest absolute Gasteiger partial charge is 0.330 e. The maximum Gasteiger partial charge on any atom is 0.243 e. The van der Waals surface area contributed by atoms with E-state index in [0.29, 0.717) is 13.1 Å². The minimum absolute atomic E-state index is 0.0743. The summed E-state index contributed by atoms with van der Waals surface area (Å²) in [6.07, 6.45) is 8.15. The van der Waals surface area contributed by atoms with E-state index in [-0.39, 0.29) is 10.3 Å². The van der Waals surface area contributed by atoms with E-state index in [1.807, 2.05) is 0 Å². The zero-order valence-corrected chi connectivity index (χ0v) is 11.2. The predicted molar refractivity (Wildman–Crippen MR) is 68.3 cm³/mol. The van der Waals surface area contributed by atoms with Crippen molar-refractivity contribution in [3.63, 3.8) is 0 Å². The van der Waals surface area contributed by atoms with E-state index < -0.39 is 10.0 Å². The molecule has 4 N–H and O–H groups in total. The highest BCUT2D eigenvalue weighted by Crippen LogP contribution is 2.34. The molecule has 0 radical (unpaired) electrons. The number of nitrogens with zero attached hydrogens (tertiary/aromatic N) is 1. The quantitative estimate of drug-likeness (QED) is 0.730. The molecule has 0 atom stereocenters. The summed E-state index contributed by atoms with van der Waals surface area (Å²) in [6.45, 7) is 0.942. The first-order valence-corrected chi connectivity index (χ1v) is 7.75. The van der Waals surface area contributed by atoms with Gasteiger partial charge in [0.2, 0.25) is 10.0 Å². The predicted octanol–water partition coefficient (Wildman–Crippen LogP) is 0.597. The highest BCUT2D eigenvalue weighted by Gasteiger charge is 2.32. The lowest BCUT2D eigenvalue weighted by molar-refractivity contribution is 0.202. The molecule has 7 heteroatoms. The van der Waals surface area contributed by atoms with Gasteiger partial charge in [0, 0.05) is 12.7 Å². The fourth-order valence-electron chi connectivity index (χ4n) is 2.47. The maximum atomic E-state index is 12.0. The van der Waals surface area contributed by atoms with Crippen molar-refractivity contribution in [1.29, 1.82) is 0 Å². The topological polar surface area (TPSA) is 101 Å². The fraction of sp³-hybridized carbons (Fsp3) is 0.727. The number of aromatic amines is 1. The van der Waals surface area contributed by atoms with Crippen LogP contribution in [0, 0.1) is 5.41 Å². The average molecular weight is 272 g/mol. The molecule has 1 saturated carbocycles. The number of hydrogen-bond acceptors (Lipinski definition) is 4. The van der Waals surface area contributed by atoms with Crippen LogP contribution in [0.2, 0.25) is 0 Å². The maximum absolute atomic E-state index is 12.0. The van der Waals surface area contributed by atoms with Crippen LogP contribution in [0.4, 0.5) is 0 Å². The van der Waals surface area contributed by atoms with Crippen LogP contribution in [0.5, 0.6) is 0 Å². The van der Waals surface area contributed by atoms with Crippen LogP contribution in [-0.4, -0.2) is 31.7 Å². The summed E-state index contributed by atoms with van der Waals surface area (Å²) in [4.78, 5) is 0.172. The second-order valence-corrected chi connectivity index (χ2v) is 6.79. The summed E-state index contributed by atoms with van der Waals surface area (Å²) < 4.78 is 26.6. The standard InChI is InChI=1S/C11H20N4O2S/c12-8-11(4-2-1-3-5-11)9-15-18(16,17)10-6-13-14-7-10/h6-7,15H,1-5,8-9,12H2,(H,13,14). The van der Waals surface area contributed by atoms with Crippen molar-refractivity contribution >= 4 is 10.0 Å². The van der Waals surface area contributed by atoms with Gasteiger partial charge in [-0.2, -0.15) is 5.10 Å². The lowest BCUT2D eigenvalue weighted by Gasteiger charge is -2.36. The number of sulfonamides is 1. The van der Waals surface area contributed by atoms with Gasteiger partial charge in [-0.15, -0.1) is 0 Å². The molecule has 1 aliphatic carbocycles. The van der Waals surface area contributed by atoms with Gasteiger partial charge in [0.05, 0.1) is 6.20 Å². The van der Waals surface area contributed by atoms with Crippen molar-refractivity contribution in [2.45, 2.75) is 37.0 Å². The van der Waals surface area contributed by atoms with Crippen LogP contribution in [-0.2, 0) is 10.0 Å². The SMILES string of the molecule is NCC1(CNS(=O)(=O)c2cn[nH]c2)CCCCC1. The molecule has 1 aliphatic rings. The third kappa shape index (κ3) is 2.90. The lowest BCUT2D eigenvalue weighted by Crippen LogP contribution is -2.43. The molecule has 0 unspecified atom stereocenters. The molecular formula is C11H20N4O2S. The van der Waals surface area contributed by atoms with E-state index >= 15 is 0 Å². The smallest absolute Gasteiger partial charge is 0.243 e. The van der Waals surface area contributed by atoms with Crippen LogP contribution in [0.1, 0.15) is 32.1 Å². The summed E-state index contributed by atoms with van der Waals surface area (Å²) >= 11 is 0. The molecule has 0 amide bonds. The molecule has 18 heavy (non-hydrogen) atoms. The number of nitrogens with two attached hydrogens (primary N) is 1. The Balaban J connectivity index is 2.02. The third-order valence-corrected chi connectivity index (χ3v) is 5.14. The van der Waals surface area contributed by atoms with Crippen molar-refractivity contribution in [1.82, 2.24) is 14.9 Å². The molecule has 1 heterocycles. The monoisotopic (exact) mass is 272 g/mol. The highest BCUT2D eigenvalue weighted by atomic mass is 32.2. The van der Waals surface area contributed by atoms with Crippen LogP contribution in [0.3, 0.4) is 0 Å². The van der Waals surface area contributed by atoms with Crippen LogP contribution >= 0.6 is 0 Å². The zero-order valence-electron chi connectivity index (χ0n) is 10.4. The van der Waals surface area contributed by atoms with Crippen LogP contribution in [0.25, 0.3) is 0 Å². The first-order chi connectivity index (χ1) is 8.58. The van der Waals surface area contributed by atoms with E-state index in [4.69, 9.17) is 5.73 Å². The second kappa shape index (κ2) is 5.38. The molecule has 1 aromatic rings. The van der Waals surface area contributed by atoms with Crippen LogP contribution in [0.15, 0.2) is 17.3 Å². The van der Waals surface area contributed by atoms with Crippen molar-refractivity contribution < 1.29 is 8.42 Å². The molecule has 0 aliphatic heterocycles. The van der Waals surface area contributed by atoms with E-state index in [1.54, 1.807) is 0 Å². The molecule has 0 spiro atoms. The van der Waals surface area contributed by atoms with Gasteiger partial charge in [-0.1, -0.05) is 19.3 Å². The number of hydrogen-bond donors (Lipinski definition) is 3. The highest BCUT2D eigenvalue weighted by molar-refractivity contribution is 7.89. The molecule has 0 aromatic carbocycles. The molecule has 6 nitrogen and oxygen atoms in total. The van der Waals surface area contributed by atoms with Crippen molar-refractivity contribution in [3.05, 3.63) is 12.4 Å². The Morgan fingerprint density at radius 2 is 2.11 bits per heavy atom. The normalized spacial score (nSPS) is 19.8. The van der Waals surface area contributed by atoms with Gasteiger partial charge >= 0.3 is 0 Å². The lowest BCUT2D eigenvalue weighted by atomic mass is 9.74. The number of H-pyrrole nitrogens is 1. The van der Waals surface area contributed by atoms with Crippen LogP contribution < -0.4 is 10.5 Å². The van der Waals surface area contributed by atoms with Gasteiger partial charge in [-0.05, 0) is 24.8 Å². The average Bonchev–Trinajstić information content (AvgIpc) is 2.92. The molecule has 0 bridgehead atoms. The zero-order chi connectivity index (χ0) is 13.1. The Morgan fingerprint density at radius 1 is 1.39 bits per heavy atom. The van der Waals surface area contributed by atoms with Gasteiger partial charge in [0.25, 0.3) is 0 Å². The Labute approximate surface area is 107 Å². The number of rotatable bonds is 5. The fourth-order valence-corrected chi connectivity index (χ4v) is 3.53. The van der Waals surface area contributed by atoms with E-state index in [1.165, 1.54) is 18.8 Å². The van der Waals surface area contributed by atoms with E-state index in [2.05, 4.69) is 14.9 Å². The first kappa shape index (κ1) is 13.5. The Kier molecular flexibility index (Phi) is 4.04. The minimum Gasteiger partial charge on any atom is -0.330 e. The molecule has 2 rings (SSSR count). The minimum atomic E-state index is -3.46. The molecule has 1 fully saturated rings.